The van der Waals surface area contributed by atoms with E-state index in [2.05, 4.69) is 9.97 Å². The predicted octanol–water partition coefficient (Wildman–Crippen LogP) is 2.32. The van der Waals surface area contributed by atoms with Crippen LogP contribution in [0.1, 0.15) is 34.3 Å². The van der Waals surface area contributed by atoms with E-state index in [4.69, 9.17) is 0 Å². The highest BCUT2D eigenvalue weighted by Gasteiger charge is 2.46. The largest absolute Gasteiger partial charge is 0.507 e. The van der Waals surface area contributed by atoms with E-state index in [-0.39, 0.29) is 11.3 Å². The molecule has 0 spiro atoms. The minimum atomic E-state index is -0.713. The second-order valence-corrected chi connectivity index (χ2v) is 7.43. The molecular formula is C21H26N4O3. The maximum atomic E-state index is 12.9. The Labute approximate surface area is 164 Å². The highest BCUT2D eigenvalue weighted by Crippen LogP contribution is 2.39. The molecule has 0 aromatic carbocycles. The van der Waals surface area contributed by atoms with Gasteiger partial charge in [0.05, 0.1) is 11.3 Å². The molecule has 2 N–H and O–H groups in total. The van der Waals surface area contributed by atoms with E-state index in [9.17, 15) is 14.7 Å². The lowest BCUT2D eigenvalue weighted by molar-refractivity contribution is -0.140. The number of nitrogens with one attached hydrogen (secondary N) is 1. The number of likely N-dealkylation sites (N-methyl/N-ethyl adjacent to an activating group) is 1. The number of likely N-dealkylation sites (tertiary alicyclic amines) is 1. The highest BCUT2D eigenvalue weighted by molar-refractivity contribution is 6.46. The SMILES string of the molecule is Cc1[nH]c(C)c(/C(O)=C2\C(=O)C(=O)N(CCN(C)C)C2c2ccccn2)c1C. The van der Waals surface area contributed by atoms with Crippen molar-refractivity contribution in [1.29, 1.82) is 0 Å². The molecule has 1 unspecified atom stereocenters. The van der Waals surface area contributed by atoms with Gasteiger partial charge in [-0.1, -0.05) is 6.07 Å². The molecule has 1 amide bonds. The fourth-order valence-corrected chi connectivity index (χ4v) is 3.66. The van der Waals surface area contributed by atoms with Crippen molar-refractivity contribution in [3.05, 3.63) is 58.2 Å². The first-order valence-electron chi connectivity index (χ1n) is 9.24. The van der Waals surface area contributed by atoms with Crippen molar-refractivity contribution in [2.24, 2.45) is 0 Å². The molecule has 2 aromatic rings. The number of carbonyl (C=O) groups excluding carboxylic acids is 2. The van der Waals surface area contributed by atoms with Gasteiger partial charge >= 0.3 is 0 Å². The number of carbonyl (C=O) groups is 2. The van der Waals surface area contributed by atoms with E-state index < -0.39 is 17.7 Å². The summed E-state index contributed by atoms with van der Waals surface area (Å²) in [5.74, 6) is -1.44. The highest BCUT2D eigenvalue weighted by atomic mass is 16.3. The van der Waals surface area contributed by atoms with Gasteiger partial charge in [-0.3, -0.25) is 14.6 Å². The smallest absolute Gasteiger partial charge is 0.295 e. The van der Waals surface area contributed by atoms with Crippen LogP contribution in [-0.2, 0) is 9.59 Å². The molecule has 7 heteroatoms. The number of aliphatic hydroxyl groups is 1. The van der Waals surface area contributed by atoms with Gasteiger partial charge in [0.25, 0.3) is 11.7 Å². The van der Waals surface area contributed by atoms with Crippen LogP contribution < -0.4 is 0 Å². The minimum Gasteiger partial charge on any atom is -0.507 e. The second-order valence-electron chi connectivity index (χ2n) is 7.43. The first-order valence-corrected chi connectivity index (χ1v) is 9.24. The fraction of sp³-hybridized carbons (Fsp3) is 0.381. The number of rotatable bonds is 5. The summed E-state index contributed by atoms with van der Waals surface area (Å²) < 4.78 is 0. The molecule has 2 aromatic heterocycles. The molecule has 3 heterocycles. The number of Topliss-reactive ketones (excluding diaryl/α,β-unsaturated/α-hetero) is 1. The third kappa shape index (κ3) is 3.33. The molecule has 1 aliphatic rings. The van der Waals surface area contributed by atoms with Crippen molar-refractivity contribution in [2.45, 2.75) is 26.8 Å². The predicted molar refractivity (Wildman–Crippen MR) is 107 cm³/mol. The average molecular weight is 382 g/mol. The molecular weight excluding hydrogens is 356 g/mol. The molecule has 28 heavy (non-hydrogen) atoms. The Balaban J connectivity index is 2.19. The molecule has 3 rings (SSSR count). The molecule has 148 valence electrons. The molecule has 1 saturated heterocycles. The number of aryl methyl sites for hydroxylation is 2. The Morgan fingerprint density at radius 1 is 1.21 bits per heavy atom. The lowest BCUT2D eigenvalue weighted by Crippen LogP contribution is -2.35. The van der Waals surface area contributed by atoms with Gasteiger partial charge in [-0.25, -0.2) is 0 Å². The molecule has 0 saturated carbocycles. The van der Waals surface area contributed by atoms with E-state index >= 15 is 0 Å². The van der Waals surface area contributed by atoms with Gasteiger partial charge in [0.15, 0.2) is 0 Å². The van der Waals surface area contributed by atoms with Gasteiger partial charge in [0, 0.05) is 36.2 Å². The maximum Gasteiger partial charge on any atom is 0.295 e. The quantitative estimate of drug-likeness (QED) is 0.471. The van der Waals surface area contributed by atoms with Crippen molar-refractivity contribution in [2.75, 3.05) is 27.2 Å². The number of hydrogen-bond acceptors (Lipinski definition) is 5. The number of H-pyrrole nitrogens is 1. The van der Waals surface area contributed by atoms with Crippen LogP contribution in [0, 0.1) is 20.8 Å². The molecule has 1 aliphatic heterocycles. The summed E-state index contributed by atoms with van der Waals surface area (Å²) in [5.41, 5.74) is 3.75. The van der Waals surface area contributed by atoms with Crippen LogP contribution in [0.15, 0.2) is 30.0 Å². The van der Waals surface area contributed by atoms with Gasteiger partial charge in [0.1, 0.15) is 11.8 Å². The number of amides is 1. The molecule has 0 aliphatic carbocycles. The third-order valence-electron chi connectivity index (χ3n) is 5.22. The number of aromatic amines is 1. The second kappa shape index (κ2) is 7.59. The van der Waals surface area contributed by atoms with E-state index in [1.165, 1.54) is 4.90 Å². The van der Waals surface area contributed by atoms with Crippen LogP contribution in [-0.4, -0.2) is 63.7 Å². The van der Waals surface area contributed by atoms with Crippen LogP contribution >= 0.6 is 0 Å². The third-order valence-corrected chi connectivity index (χ3v) is 5.22. The fourth-order valence-electron chi connectivity index (χ4n) is 3.66. The van der Waals surface area contributed by atoms with E-state index in [1.807, 2.05) is 45.8 Å². The summed E-state index contributed by atoms with van der Waals surface area (Å²) in [6.45, 7) is 6.58. The topological polar surface area (TPSA) is 89.5 Å². The number of pyridine rings is 1. The summed E-state index contributed by atoms with van der Waals surface area (Å²) in [6, 6.07) is 4.65. The van der Waals surface area contributed by atoms with Crippen LogP contribution in [0.3, 0.4) is 0 Å². The normalized spacial score (nSPS) is 19.1. The molecule has 1 fully saturated rings. The lowest BCUT2D eigenvalue weighted by atomic mass is 9.96. The Morgan fingerprint density at radius 3 is 2.46 bits per heavy atom. The summed E-state index contributed by atoms with van der Waals surface area (Å²) in [7, 11) is 3.81. The Hall–Kier alpha value is -2.93. The minimum absolute atomic E-state index is 0.0904. The van der Waals surface area contributed by atoms with Crippen LogP contribution in [0.25, 0.3) is 5.76 Å². The maximum absolute atomic E-state index is 12.9. The molecule has 1 atom stereocenters. The van der Waals surface area contributed by atoms with Crippen molar-refractivity contribution in [1.82, 2.24) is 19.8 Å². The van der Waals surface area contributed by atoms with Gasteiger partial charge in [0.2, 0.25) is 0 Å². The van der Waals surface area contributed by atoms with E-state index in [0.29, 0.717) is 24.3 Å². The number of aromatic nitrogens is 2. The molecule has 0 bridgehead atoms. The zero-order valence-electron chi connectivity index (χ0n) is 16.9. The number of ketones is 1. The monoisotopic (exact) mass is 382 g/mol. The number of hydrogen-bond donors (Lipinski definition) is 2. The number of aliphatic hydroxyl groups excluding tert-OH is 1. The number of nitrogens with zero attached hydrogens (tertiary/aromatic N) is 3. The van der Waals surface area contributed by atoms with Crippen molar-refractivity contribution in [3.8, 4) is 0 Å². The summed E-state index contributed by atoms with van der Waals surface area (Å²) in [4.78, 5) is 36.7. The van der Waals surface area contributed by atoms with Crippen LogP contribution in [0.2, 0.25) is 0 Å². The first kappa shape index (κ1) is 19.8. The standard InChI is InChI=1S/C21H26N4O3/c1-12-13(2)23-14(3)16(12)19(26)17-18(15-8-6-7-9-22-15)25(11-10-24(4)5)21(28)20(17)27/h6-9,18,23,26H,10-11H2,1-5H3/b19-17+. The van der Waals surface area contributed by atoms with Crippen LogP contribution in [0.4, 0.5) is 0 Å². The van der Waals surface area contributed by atoms with E-state index in [1.54, 1.807) is 18.3 Å². The lowest BCUT2D eigenvalue weighted by Gasteiger charge is -2.25. The Kier molecular flexibility index (Phi) is 5.38. The Bertz CT molecular complexity index is 944. The van der Waals surface area contributed by atoms with Crippen molar-refractivity contribution >= 4 is 17.4 Å². The summed E-state index contributed by atoms with van der Waals surface area (Å²) in [5, 5.41) is 11.1. The zero-order valence-corrected chi connectivity index (χ0v) is 16.9. The summed E-state index contributed by atoms with van der Waals surface area (Å²) in [6.07, 6.45) is 1.62. The zero-order chi connectivity index (χ0) is 20.6. The average Bonchev–Trinajstić information content (AvgIpc) is 3.06. The van der Waals surface area contributed by atoms with Crippen molar-refractivity contribution < 1.29 is 14.7 Å². The molecule has 7 nitrogen and oxygen atoms in total. The van der Waals surface area contributed by atoms with Crippen LogP contribution in [0.5, 0.6) is 0 Å². The Morgan fingerprint density at radius 2 is 1.93 bits per heavy atom. The summed E-state index contributed by atoms with van der Waals surface area (Å²) >= 11 is 0. The first-order chi connectivity index (χ1) is 13.2. The van der Waals surface area contributed by atoms with Gasteiger partial charge < -0.3 is 19.9 Å². The van der Waals surface area contributed by atoms with Gasteiger partial charge in [-0.15, -0.1) is 0 Å². The van der Waals surface area contributed by atoms with Crippen molar-refractivity contribution in [3.63, 3.8) is 0 Å². The van der Waals surface area contributed by atoms with E-state index in [0.717, 1.165) is 17.0 Å². The van der Waals surface area contributed by atoms with Gasteiger partial charge in [-0.05, 0) is 52.6 Å². The van der Waals surface area contributed by atoms with Gasteiger partial charge in [-0.2, -0.15) is 0 Å². The molecule has 0 radical (unpaired) electrons.